The Morgan fingerprint density at radius 3 is 1.85 bits per heavy atom. The molecule has 0 spiro atoms. The van der Waals surface area contributed by atoms with E-state index in [4.69, 9.17) is 4.74 Å². The van der Waals surface area contributed by atoms with Gasteiger partial charge < -0.3 is 9.64 Å². The molecule has 1 saturated heterocycles. The lowest BCUT2D eigenvalue weighted by Gasteiger charge is -2.35. The van der Waals surface area contributed by atoms with Crippen molar-refractivity contribution in [3.05, 3.63) is 101 Å². The van der Waals surface area contributed by atoms with E-state index in [0.29, 0.717) is 18.7 Å². The predicted octanol–water partition coefficient (Wildman–Crippen LogP) is 5.34. The normalized spacial score (nSPS) is 14.4. The van der Waals surface area contributed by atoms with E-state index in [1.54, 1.807) is 19.2 Å². The van der Waals surface area contributed by atoms with Crippen LogP contribution in [0.2, 0.25) is 0 Å². The van der Waals surface area contributed by atoms with E-state index >= 15 is 0 Å². The first-order valence-corrected chi connectivity index (χ1v) is 11.7. The van der Waals surface area contributed by atoms with Crippen LogP contribution in [0.25, 0.3) is 0 Å². The summed E-state index contributed by atoms with van der Waals surface area (Å²) in [5.41, 5.74) is 2.74. The van der Waals surface area contributed by atoms with Gasteiger partial charge in [-0.3, -0.25) is 9.69 Å². The summed E-state index contributed by atoms with van der Waals surface area (Å²) in [6, 6.07) is 20.4. The molecule has 0 bridgehead atoms. The molecule has 0 radical (unpaired) electrons. The number of benzene rings is 3. The Kier molecular flexibility index (Phi) is 7.91. The quantitative estimate of drug-likeness (QED) is 0.451. The lowest BCUT2D eigenvalue weighted by Crippen LogP contribution is -2.48. The van der Waals surface area contributed by atoms with E-state index in [0.717, 1.165) is 49.4 Å². The summed E-state index contributed by atoms with van der Waals surface area (Å²) in [6.07, 6.45) is 1.83. The summed E-state index contributed by atoms with van der Waals surface area (Å²) in [6.45, 7) is 3.98. The van der Waals surface area contributed by atoms with Crippen molar-refractivity contribution in [3.8, 4) is 5.75 Å². The highest BCUT2D eigenvalue weighted by molar-refractivity contribution is 5.94. The number of halogens is 2. The van der Waals surface area contributed by atoms with E-state index in [1.807, 2.05) is 41.3 Å². The van der Waals surface area contributed by atoms with Crippen LogP contribution >= 0.6 is 0 Å². The molecule has 0 aromatic heterocycles. The Balaban J connectivity index is 1.30. The maximum atomic E-state index is 13.4. The zero-order chi connectivity index (χ0) is 23.9. The Bertz CT molecular complexity index is 1020. The van der Waals surface area contributed by atoms with Crippen LogP contribution in [0.5, 0.6) is 5.75 Å². The van der Waals surface area contributed by atoms with E-state index < -0.39 is 0 Å². The number of rotatable bonds is 8. The van der Waals surface area contributed by atoms with Crippen LogP contribution in [-0.2, 0) is 0 Å². The Hall–Kier alpha value is -3.25. The molecule has 0 saturated carbocycles. The third-order valence-electron chi connectivity index (χ3n) is 6.51. The first-order valence-electron chi connectivity index (χ1n) is 11.7. The maximum absolute atomic E-state index is 13.4. The molecule has 1 aliphatic rings. The van der Waals surface area contributed by atoms with Crippen LogP contribution in [0.15, 0.2) is 72.8 Å². The van der Waals surface area contributed by atoms with Gasteiger partial charge in [0.1, 0.15) is 17.4 Å². The minimum atomic E-state index is -0.260. The molecule has 0 atom stereocenters. The van der Waals surface area contributed by atoms with Crippen molar-refractivity contribution < 1.29 is 18.3 Å². The van der Waals surface area contributed by atoms with E-state index in [9.17, 15) is 13.6 Å². The molecule has 34 heavy (non-hydrogen) atoms. The Morgan fingerprint density at radius 2 is 1.35 bits per heavy atom. The van der Waals surface area contributed by atoms with Crippen molar-refractivity contribution >= 4 is 5.91 Å². The monoisotopic (exact) mass is 464 g/mol. The molecular formula is C28H30F2N2O2. The third kappa shape index (κ3) is 6.00. The zero-order valence-corrected chi connectivity index (χ0v) is 19.4. The number of carbonyl (C=O) groups excluding carboxylic acids is 1. The second-order valence-corrected chi connectivity index (χ2v) is 8.66. The summed E-state index contributed by atoms with van der Waals surface area (Å²) in [5, 5.41) is 0. The van der Waals surface area contributed by atoms with Crippen molar-refractivity contribution in [2.75, 3.05) is 39.8 Å². The van der Waals surface area contributed by atoms with Crippen molar-refractivity contribution in [3.63, 3.8) is 0 Å². The average Bonchev–Trinajstić information content (AvgIpc) is 2.88. The second kappa shape index (κ2) is 11.3. The molecule has 4 nitrogen and oxygen atoms in total. The summed E-state index contributed by atoms with van der Waals surface area (Å²) in [7, 11) is 1.61. The van der Waals surface area contributed by atoms with Crippen LogP contribution in [0.3, 0.4) is 0 Å². The number of ether oxygens (including phenoxy) is 1. The number of hydrogen-bond donors (Lipinski definition) is 0. The number of amides is 1. The van der Waals surface area contributed by atoms with E-state index in [-0.39, 0.29) is 23.5 Å². The van der Waals surface area contributed by atoms with Gasteiger partial charge in [-0.1, -0.05) is 24.3 Å². The van der Waals surface area contributed by atoms with Crippen molar-refractivity contribution in [1.29, 1.82) is 0 Å². The molecule has 1 aliphatic heterocycles. The third-order valence-corrected chi connectivity index (χ3v) is 6.51. The molecule has 0 unspecified atom stereocenters. The van der Waals surface area contributed by atoms with Gasteiger partial charge in [-0.05, 0) is 79.0 Å². The Labute approximate surface area is 199 Å². The first kappa shape index (κ1) is 23.9. The van der Waals surface area contributed by atoms with Crippen LogP contribution in [-0.4, -0.2) is 55.5 Å². The summed E-state index contributed by atoms with van der Waals surface area (Å²) in [4.78, 5) is 17.1. The van der Waals surface area contributed by atoms with Gasteiger partial charge >= 0.3 is 0 Å². The highest BCUT2D eigenvalue weighted by Gasteiger charge is 2.22. The van der Waals surface area contributed by atoms with Crippen molar-refractivity contribution in [1.82, 2.24) is 9.80 Å². The summed E-state index contributed by atoms with van der Waals surface area (Å²) in [5.74, 6) is 0.349. The molecule has 1 heterocycles. The minimum absolute atomic E-state index is 0.0509. The first-order chi connectivity index (χ1) is 16.5. The van der Waals surface area contributed by atoms with Crippen LogP contribution < -0.4 is 4.74 Å². The van der Waals surface area contributed by atoms with E-state index in [1.165, 1.54) is 24.3 Å². The molecular weight excluding hydrogens is 434 g/mol. The number of nitrogens with zero attached hydrogens (tertiary/aromatic N) is 2. The SMILES string of the molecule is COc1ccc(C(=O)N2CCN(CCCC(c3ccc(F)cc3)c3ccc(F)cc3)CC2)cc1. The van der Waals surface area contributed by atoms with Gasteiger partial charge in [0.2, 0.25) is 0 Å². The molecule has 4 rings (SSSR count). The molecule has 178 valence electrons. The maximum Gasteiger partial charge on any atom is 0.253 e. The second-order valence-electron chi connectivity index (χ2n) is 8.66. The highest BCUT2D eigenvalue weighted by Crippen LogP contribution is 2.30. The standard InChI is InChI=1S/C28H30F2N2O2/c1-34-26-14-8-23(9-15-26)28(33)32-19-17-31(18-20-32)16-2-3-27(21-4-10-24(29)11-5-21)22-6-12-25(30)13-7-22/h4-15,27H,2-3,16-20H2,1H3. The molecule has 1 fully saturated rings. The molecule has 6 heteroatoms. The van der Waals surface area contributed by atoms with Crippen molar-refractivity contribution in [2.24, 2.45) is 0 Å². The molecule has 3 aromatic carbocycles. The summed E-state index contributed by atoms with van der Waals surface area (Å²) >= 11 is 0. The summed E-state index contributed by atoms with van der Waals surface area (Å²) < 4.78 is 32.0. The van der Waals surface area contributed by atoms with Crippen molar-refractivity contribution in [2.45, 2.75) is 18.8 Å². The lowest BCUT2D eigenvalue weighted by atomic mass is 9.87. The number of carbonyl (C=O) groups is 1. The number of hydrogen-bond acceptors (Lipinski definition) is 3. The van der Waals surface area contributed by atoms with Crippen LogP contribution in [0.4, 0.5) is 8.78 Å². The largest absolute Gasteiger partial charge is 0.497 e. The van der Waals surface area contributed by atoms with Crippen LogP contribution in [0.1, 0.15) is 40.2 Å². The van der Waals surface area contributed by atoms with Gasteiger partial charge in [-0.25, -0.2) is 8.78 Å². The fourth-order valence-electron chi connectivity index (χ4n) is 4.53. The van der Waals surface area contributed by atoms with Gasteiger partial charge in [0, 0.05) is 37.7 Å². The molecule has 0 aliphatic carbocycles. The zero-order valence-electron chi connectivity index (χ0n) is 19.4. The average molecular weight is 465 g/mol. The molecule has 0 N–H and O–H groups in total. The molecule has 1 amide bonds. The van der Waals surface area contributed by atoms with Gasteiger partial charge in [0.05, 0.1) is 7.11 Å². The van der Waals surface area contributed by atoms with E-state index in [2.05, 4.69) is 4.90 Å². The van der Waals surface area contributed by atoms with Gasteiger partial charge in [0.25, 0.3) is 5.91 Å². The minimum Gasteiger partial charge on any atom is -0.497 e. The topological polar surface area (TPSA) is 32.8 Å². The fourth-order valence-corrected chi connectivity index (χ4v) is 4.53. The highest BCUT2D eigenvalue weighted by atomic mass is 19.1. The fraction of sp³-hybridized carbons (Fsp3) is 0.321. The molecule has 3 aromatic rings. The number of methoxy groups -OCH3 is 1. The van der Waals surface area contributed by atoms with Gasteiger partial charge in [-0.2, -0.15) is 0 Å². The predicted molar refractivity (Wildman–Crippen MR) is 129 cm³/mol. The van der Waals surface area contributed by atoms with Gasteiger partial charge in [-0.15, -0.1) is 0 Å². The van der Waals surface area contributed by atoms with Gasteiger partial charge in [0.15, 0.2) is 0 Å². The number of piperazine rings is 1. The lowest BCUT2D eigenvalue weighted by molar-refractivity contribution is 0.0635. The smallest absolute Gasteiger partial charge is 0.253 e. The Morgan fingerprint density at radius 1 is 0.824 bits per heavy atom. The van der Waals surface area contributed by atoms with Crippen LogP contribution in [0, 0.1) is 11.6 Å².